The number of ether oxygens (including phenoxy) is 1. The predicted octanol–water partition coefficient (Wildman–Crippen LogP) is 5.70. The van der Waals surface area contributed by atoms with Gasteiger partial charge in [0.2, 0.25) is 0 Å². The maximum atomic E-state index is 12.7. The van der Waals surface area contributed by atoms with Crippen molar-refractivity contribution in [3.8, 4) is 17.1 Å². The molecule has 4 rings (SSSR count). The number of Topliss-reactive ketones (excluding diaryl/α,β-unsaturated/α-hetero) is 1. The lowest BCUT2D eigenvalue weighted by molar-refractivity contribution is 0.0462. The molecular formula is C24H17BrClN3O3. The van der Waals surface area contributed by atoms with Crippen molar-refractivity contribution in [3.63, 3.8) is 0 Å². The maximum Gasteiger partial charge on any atom is 0.378 e. The third-order valence-electron chi connectivity index (χ3n) is 4.72. The highest BCUT2D eigenvalue weighted by atomic mass is 79.9. The Morgan fingerprint density at radius 2 is 1.78 bits per heavy atom. The van der Waals surface area contributed by atoms with E-state index in [1.807, 2.05) is 37.3 Å². The molecule has 0 aliphatic carbocycles. The fourth-order valence-electron chi connectivity index (χ4n) is 3.10. The van der Waals surface area contributed by atoms with Gasteiger partial charge in [-0.1, -0.05) is 70.0 Å². The fourth-order valence-corrected chi connectivity index (χ4v) is 3.55. The molecule has 0 spiro atoms. The summed E-state index contributed by atoms with van der Waals surface area (Å²) in [5.41, 5.74) is 2.85. The average molecular weight is 511 g/mol. The van der Waals surface area contributed by atoms with E-state index in [0.717, 1.165) is 15.7 Å². The second-order valence-electron chi connectivity index (χ2n) is 6.97. The number of hydrogen-bond donors (Lipinski definition) is 0. The highest BCUT2D eigenvalue weighted by Gasteiger charge is 2.22. The Labute approximate surface area is 197 Å². The molecule has 0 aliphatic heterocycles. The lowest BCUT2D eigenvalue weighted by atomic mass is 10.1. The molecule has 0 aliphatic rings. The number of ketones is 1. The Morgan fingerprint density at radius 3 is 2.50 bits per heavy atom. The van der Waals surface area contributed by atoms with E-state index in [0.29, 0.717) is 22.0 Å². The first kappa shape index (κ1) is 21.9. The lowest BCUT2D eigenvalue weighted by Gasteiger charge is -2.08. The van der Waals surface area contributed by atoms with Gasteiger partial charge in [-0.05, 0) is 42.8 Å². The molecule has 0 amide bonds. The number of carbonyl (C=O) groups excluding carboxylic acids is 2. The summed E-state index contributed by atoms with van der Waals surface area (Å²) in [5, 5.41) is 4.91. The molecule has 0 unspecified atom stereocenters. The van der Waals surface area contributed by atoms with Crippen LogP contribution in [0.4, 0.5) is 0 Å². The number of benzene rings is 3. The smallest absolute Gasteiger partial charge is 0.378 e. The monoisotopic (exact) mass is 509 g/mol. The van der Waals surface area contributed by atoms with Crippen LogP contribution in [0.2, 0.25) is 5.02 Å². The van der Waals surface area contributed by atoms with Crippen LogP contribution in [-0.4, -0.2) is 33.1 Å². The molecule has 8 heteroatoms. The Hall–Kier alpha value is -3.29. The quantitative estimate of drug-likeness (QED) is 0.246. The topological polar surface area (TPSA) is 74.1 Å². The number of hydrogen-bond acceptors (Lipinski definition) is 5. The van der Waals surface area contributed by atoms with Crippen LogP contribution >= 0.6 is 27.5 Å². The lowest BCUT2D eigenvalue weighted by Crippen LogP contribution is -2.15. The molecule has 32 heavy (non-hydrogen) atoms. The van der Waals surface area contributed by atoms with Gasteiger partial charge in [0.25, 0.3) is 5.82 Å². The SMILES string of the molecule is Cc1ccccc1-n1nc(C(=O)OCC(=O)c2ccc(Br)cc2)nc1-c1cccc(Cl)c1. The molecule has 0 bridgehead atoms. The van der Waals surface area contributed by atoms with Crippen molar-refractivity contribution in [2.75, 3.05) is 6.61 Å². The van der Waals surface area contributed by atoms with Gasteiger partial charge in [-0.15, -0.1) is 5.10 Å². The number of aromatic nitrogens is 3. The minimum Gasteiger partial charge on any atom is -0.451 e. The van der Waals surface area contributed by atoms with Gasteiger partial charge >= 0.3 is 5.97 Å². The van der Waals surface area contributed by atoms with Crippen LogP contribution in [0.3, 0.4) is 0 Å². The van der Waals surface area contributed by atoms with Crippen LogP contribution in [0.15, 0.2) is 77.3 Å². The molecule has 0 atom stereocenters. The van der Waals surface area contributed by atoms with E-state index in [-0.39, 0.29) is 11.6 Å². The van der Waals surface area contributed by atoms with Gasteiger partial charge in [0.1, 0.15) is 0 Å². The number of esters is 1. The Balaban J connectivity index is 1.63. The molecule has 0 fully saturated rings. The second-order valence-corrected chi connectivity index (χ2v) is 8.33. The Morgan fingerprint density at radius 1 is 1.03 bits per heavy atom. The molecule has 1 heterocycles. The fraction of sp³-hybridized carbons (Fsp3) is 0.0833. The molecule has 4 aromatic rings. The summed E-state index contributed by atoms with van der Waals surface area (Å²) in [6, 6.07) is 21.5. The van der Waals surface area contributed by atoms with Crippen LogP contribution < -0.4 is 0 Å². The summed E-state index contributed by atoms with van der Waals surface area (Å²) >= 11 is 9.48. The number of aryl methyl sites for hydroxylation is 1. The Kier molecular flexibility index (Phi) is 6.48. The van der Waals surface area contributed by atoms with E-state index in [1.165, 1.54) is 0 Å². The Bertz CT molecular complexity index is 1300. The van der Waals surface area contributed by atoms with Gasteiger partial charge in [-0.2, -0.15) is 0 Å². The molecule has 3 aromatic carbocycles. The van der Waals surface area contributed by atoms with Crippen molar-refractivity contribution in [2.24, 2.45) is 0 Å². The summed E-state index contributed by atoms with van der Waals surface area (Å²) in [6.45, 7) is 1.53. The van der Waals surface area contributed by atoms with Crippen LogP contribution in [0.1, 0.15) is 26.5 Å². The largest absolute Gasteiger partial charge is 0.451 e. The number of nitrogens with zero attached hydrogens (tertiary/aromatic N) is 3. The molecule has 0 saturated carbocycles. The zero-order valence-corrected chi connectivity index (χ0v) is 19.3. The zero-order valence-electron chi connectivity index (χ0n) is 17.0. The standard InChI is InChI=1S/C24H17BrClN3O3/c1-15-5-2-3-8-20(15)29-23(17-6-4-7-19(26)13-17)27-22(28-29)24(31)32-14-21(30)16-9-11-18(25)12-10-16/h2-13H,14H2,1H3. The summed E-state index contributed by atoms with van der Waals surface area (Å²) in [5.74, 6) is -0.815. The zero-order chi connectivity index (χ0) is 22.7. The van der Waals surface area contributed by atoms with E-state index in [4.69, 9.17) is 16.3 Å². The summed E-state index contributed by atoms with van der Waals surface area (Å²) in [6.07, 6.45) is 0. The van der Waals surface area contributed by atoms with E-state index in [9.17, 15) is 9.59 Å². The van der Waals surface area contributed by atoms with Crippen molar-refractivity contribution in [1.29, 1.82) is 0 Å². The van der Waals surface area contributed by atoms with Crippen molar-refractivity contribution < 1.29 is 14.3 Å². The van der Waals surface area contributed by atoms with Gasteiger partial charge in [0.15, 0.2) is 18.2 Å². The van der Waals surface area contributed by atoms with E-state index < -0.39 is 12.6 Å². The van der Waals surface area contributed by atoms with Crippen molar-refractivity contribution in [3.05, 3.63) is 99.2 Å². The molecule has 1 aromatic heterocycles. The summed E-state index contributed by atoms with van der Waals surface area (Å²) < 4.78 is 7.63. The van der Waals surface area contributed by atoms with Crippen LogP contribution in [0.25, 0.3) is 17.1 Å². The average Bonchev–Trinajstić information content (AvgIpc) is 3.23. The van der Waals surface area contributed by atoms with Crippen LogP contribution in [-0.2, 0) is 4.74 Å². The third-order valence-corrected chi connectivity index (χ3v) is 5.48. The number of para-hydroxylation sites is 1. The minimum atomic E-state index is -0.786. The van der Waals surface area contributed by atoms with Gasteiger partial charge < -0.3 is 4.74 Å². The molecule has 0 radical (unpaired) electrons. The van der Waals surface area contributed by atoms with E-state index in [2.05, 4.69) is 26.0 Å². The predicted molar refractivity (Wildman–Crippen MR) is 125 cm³/mol. The number of halogens is 2. The molecule has 0 N–H and O–H groups in total. The van der Waals surface area contributed by atoms with Gasteiger partial charge in [-0.25, -0.2) is 14.5 Å². The van der Waals surface area contributed by atoms with Gasteiger partial charge in [0, 0.05) is 20.6 Å². The van der Waals surface area contributed by atoms with E-state index >= 15 is 0 Å². The second kappa shape index (κ2) is 9.46. The first-order chi connectivity index (χ1) is 15.4. The number of carbonyl (C=O) groups is 2. The molecular weight excluding hydrogens is 494 g/mol. The third kappa shape index (κ3) is 4.79. The van der Waals surface area contributed by atoms with Crippen LogP contribution in [0, 0.1) is 6.92 Å². The molecule has 0 saturated heterocycles. The van der Waals surface area contributed by atoms with E-state index in [1.54, 1.807) is 47.1 Å². The minimum absolute atomic E-state index is 0.146. The van der Waals surface area contributed by atoms with Gasteiger partial charge in [0.05, 0.1) is 5.69 Å². The van der Waals surface area contributed by atoms with Crippen molar-refractivity contribution in [2.45, 2.75) is 6.92 Å². The molecule has 160 valence electrons. The summed E-state index contributed by atoms with van der Waals surface area (Å²) in [4.78, 5) is 29.4. The number of rotatable bonds is 6. The van der Waals surface area contributed by atoms with Crippen molar-refractivity contribution in [1.82, 2.24) is 14.8 Å². The first-order valence-corrected chi connectivity index (χ1v) is 10.8. The summed E-state index contributed by atoms with van der Waals surface area (Å²) in [7, 11) is 0. The highest BCUT2D eigenvalue weighted by Crippen LogP contribution is 2.25. The molecule has 6 nitrogen and oxygen atoms in total. The van der Waals surface area contributed by atoms with Crippen molar-refractivity contribution >= 4 is 39.3 Å². The van der Waals surface area contributed by atoms with Crippen LogP contribution in [0.5, 0.6) is 0 Å². The maximum absolute atomic E-state index is 12.7. The highest BCUT2D eigenvalue weighted by molar-refractivity contribution is 9.10. The normalized spacial score (nSPS) is 10.7. The first-order valence-electron chi connectivity index (χ1n) is 9.67. The van der Waals surface area contributed by atoms with Gasteiger partial charge in [-0.3, -0.25) is 4.79 Å².